The van der Waals surface area contributed by atoms with Gasteiger partial charge in [-0.1, -0.05) is 29.8 Å². The summed E-state index contributed by atoms with van der Waals surface area (Å²) in [7, 11) is 0. The highest BCUT2D eigenvalue weighted by atomic mass is 35.5. The van der Waals surface area contributed by atoms with Crippen LogP contribution in [-0.2, 0) is 0 Å². The Kier molecular flexibility index (Phi) is 2.49. The highest BCUT2D eigenvalue weighted by Gasteiger charge is 2.12. The smallest absolute Gasteiger partial charge is 0.224 e. The van der Waals surface area contributed by atoms with Crippen molar-refractivity contribution in [3.63, 3.8) is 0 Å². The van der Waals surface area contributed by atoms with Crippen molar-refractivity contribution in [2.24, 2.45) is 0 Å². The quantitative estimate of drug-likeness (QED) is 0.723. The number of imidazole rings is 1. The van der Waals surface area contributed by atoms with E-state index in [4.69, 9.17) is 11.6 Å². The van der Waals surface area contributed by atoms with Gasteiger partial charge >= 0.3 is 0 Å². The highest BCUT2D eigenvalue weighted by Crippen LogP contribution is 2.30. The Labute approximate surface area is 109 Å². The molecule has 3 aromatic rings. The molecule has 0 aliphatic heterocycles. The van der Waals surface area contributed by atoms with Crippen molar-refractivity contribution < 1.29 is 5.11 Å². The monoisotopic (exact) mass is 258 g/mol. The Morgan fingerprint density at radius 3 is 2.56 bits per heavy atom. The summed E-state index contributed by atoms with van der Waals surface area (Å²) >= 11 is 5.85. The SMILES string of the molecule is Cc1ccc2nc(-c3ccc(Cl)cc3)c(O)n2c1. The minimum absolute atomic E-state index is 0.149. The van der Waals surface area contributed by atoms with Crippen LogP contribution in [0.1, 0.15) is 5.56 Å². The molecular formula is C14H11ClN2O. The Hall–Kier alpha value is -2.00. The molecule has 0 aliphatic carbocycles. The highest BCUT2D eigenvalue weighted by molar-refractivity contribution is 6.30. The first-order valence-corrected chi connectivity index (χ1v) is 5.96. The second-order valence-electron chi connectivity index (χ2n) is 4.23. The first kappa shape index (κ1) is 11.1. The van der Waals surface area contributed by atoms with E-state index in [1.54, 1.807) is 16.5 Å². The number of aromatic nitrogens is 2. The van der Waals surface area contributed by atoms with E-state index in [1.807, 2.05) is 37.4 Å². The molecule has 4 heteroatoms. The van der Waals surface area contributed by atoms with Crippen molar-refractivity contribution in [2.45, 2.75) is 6.92 Å². The Bertz CT molecular complexity index is 716. The third kappa shape index (κ3) is 1.73. The van der Waals surface area contributed by atoms with E-state index in [0.717, 1.165) is 16.8 Å². The molecule has 3 rings (SSSR count). The lowest BCUT2D eigenvalue weighted by Crippen LogP contribution is -1.84. The molecule has 0 bridgehead atoms. The minimum atomic E-state index is 0.149. The fourth-order valence-electron chi connectivity index (χ4n) is 1.94. The number of halogens is 1. The minimum Gasteiger partial charge on any atom is -0.493 e. The van der Waals surface area contributed by atoms with Crippen LogP contribution >= 0.6 is 11.6 Å². The van der Waals surface area contributed by atoms with E-state index in [1.165, 1.54) is 0 Å². The second-order valence-corrected chi connectivity index (χ2v) is 4.66. The van der Waals surface area contributed by atoms with Crippen molar-refractivity contribution >= 4 is 17.2 Å². The second kappa shape index (κ2) is 4.03. The molecule has 0 spiro atoms. The maximum absolute atomic E-state index is 10.2. The van der Waals surface area contributed by atoms with Gasteiger partial charge in [0.15, 0.2) is 0 Å². The molecule has 1 aromatic carbocycles. The molecule has 0 amide bonds. The van der Waals surface area contributed by atoms with E-state index in [9.17, 15) is 5.11 Å². The van der Waals surface area contributed by atoms with Crippen molar-refractivity contribution in [2.75, 3.05) is 0 Å². The molecule has 0 atom stereocenters. The van der Waals surface area contributed by atoms with Crippen molar-refractivity contribution in [3.05, 3.63) is 53.2 Å². The van der Waals surface area contributed by atoms with Crippen molar-refractivity contribution in [1.29, 1.82) is 0 Å². The third-order valence-corrected chi connectivity index (χ3v) is 3.11. The number of pyridine rings is 1. The van der Waals surface area contributed by atoms with Gasteiger partial charge < -0.3 is 5.11 Å². The van der Waals surface area contributed by atoms with Crippen LogP contribution in [0.2, 0.25) is 5.02 Å². The molecular weight excluding hydrogens is 248 g/mol. The van der Waals surface area contributed by atoms with Crippen LogP contribution in [0.5, 0.6) is 5.88 Å². The van der Waals surface area contributed by atoms with Gasteiger partial charge in [0, 0.05) is 16.8 Å². The number of benzene rings is 1. The molecule has 0 unspecified atom stereocenters. The topological polar surface area (TPSA) is 37.5 Å². The zero-order chi connectivity index (χ0) is 12.7. The third-order valence-electron chi connectivity index (χ3n) is 2.86. The van der Waals surface area contributed by atoms with Gasteiger partial charge in [0.1, 0.15) is 11.3 Å². The Morgan fingerprint density at radius 2 is 1.83 bits per heavy atom. The maximum atomic E-state index is 10.2. The van der Waals surface area contributed by atoms with E-state index < -0.39 is 0 Å². The molecule has 0 radical (unpaired) electrons. The summed E-state index contributed by atoms with van der Waals surface area (Å²) in [4.78, 5) is 4.42. The molecule has 0 saturated carbocycles. The predicted molar refractivity (Wildman–Crippen MR) is 72.0 cm³/mol. The summed E-state index contributed by atoms with van der Waals surface area (Å²) in [5.74, 6) is 0.149. The lowest BCUT2D eigenvalue weighted by Gasteiger charge is -1.99. The average molecular weight is 259 g/mol. The summed E-state index contributed by atoms with van der Waals surface area (Å²) < 4.78 is 1.68. The summed E-state index contributed by atoms with van der Waals surface area (Å²) in [6.45, 7) is 1.97. The van der Waals surface area contributed by atoms with Gasteiger partial charge in [-0.05, 0) is 30.7 Å². The molecule has 0 saturated heterocycles. The van der Waals surface area contributed by atoms with Crippen LogP contribution in [-0.4, -0.2) is 14.5 Å². The number of rotatable bonds is 1. The van der Waals surface area contributed by atoms with Crippen LogP contribution in [0.3, 0.4) is 0 Å². The van der Waals surface area contributed by atoms with E-state index in [-0.39, 0.29) is 5.88 Å². The molecule has 1 N–H and O–H groups in total. The predicted octanol–water partition coefficient (Wildman–Crippen LogP) is 3.67. The lowest BCUT2D eigenvalue weighted by atomic mass is 10.2. The van der Waals surface area contributed by atoms with Gasteiger partial charge in [0.2, 0.25) is 5.88 Å². The van der Waals surface area contributed by atoms with Crippen LogP contribution in [0.25, 0.3) is 16.9 Å². The maximum Gasteiger partial charge on any atom is 0.224 e. The molecule has 0 aliphatic rings. The summed E-state index contributed by atoms with van der Waals surface area (Å²) in [5, 5.41) is 10.9. The zero-order valence-electron chi connectivity index (χ0n) is 9.76. The average Bonchev–Trinajstić information content (AvgIpc) is 2.68. The lowest BCUT2D eigenvalue weighted by molar-refractivity contribution is 0.450. The van der Waals surface area contributed by atoms with Gasteiger partial charge in [-0.15, -0.1) is 0 Å². The fraction of sp³-hybridized carbons (Fsp3) is 0.0714. The van der Waals surface area contributed by atoms with E-state index in [0.29, 0.717) is 10.7 Å². The largest absolute Gasteiger partial charge is 0.493 e. The van der Waals surface area contributed by atoms with Gasteiger partial charge in [0.25, 0.3) is 0 Å². The van der Waals surface area contributed by atoms with Crippen molar-refractivity contribution in [3.8, 4) is 17.1 Å². The summed E-state index contributed by atoms with van der Waals surface area (Å²) in [5.41, 5.74) is 3.21. The van der Waals surface area contributed by atoms with Gasteiger partial charge in [-0.25, -0.2) is 4.98 Å². The molecule has 2 heterocycles. The fourth-order valence-corrected chi connectivity index (χ4v) is 2.07. The Balaban J connectivity index is 2.23. The van der Waals surface area contributed by atoms with Gasteiger partial charge in [-0.2, -0.15) is 0 Å². The van der Waals surface area contributed by atoms with Gasteiger partial charge in [0.05, 0.1) is 0 Å². The number of hydrogen-bond donors (Lipinski definition) is 1. The Morgan fingerprint density at radius 1 is 1.11 bits per heavy atom. The number of hydrogen-bond acceptors (Lipinski definition) is 2. The number of nitrogens with zero attached hydrogens (tertiary/aromatic N) is 2. The molecule has 2 aromatic heterocycles. The van der Waals surface area contributed by atoms with Crippen LogP contribution in [0.15, 0.2) is 42.6 Å². The first-order chi connectivity index (χ1) is 8.65. The molecule has 0 fully saturated rings. The molecule has 90 valence electrons. The van der Waals surface area contributed by atoms with Crippen LogP contribution in [0, 0.1) is 6.92 Å². The summed E-state index contributed by atoms with van der Waals surface area (Å²) in [6.07, 6.45) is 1.86. The normalized spacial score (nSPS) is 11.0. The number of fused-ring (bicyclic) bond motifs is 1. The van der Waals surface area contributed by atoms with Crippen LogP contribution in [0.4, 0.5) is 0 Å². The first-order valence-electron chi connectivity index (χ1n) is 5.59. The van der Waals surface area contributed by atoms with Crippen LogP contribution < -0.4 is 0 Å². The van der Waals surface area contributed by atoms with Gasteiger partial charge in [-0.3, -0.25) is 4.40 Å². The van der Waals surface area contributed by atoms with E-state index >= 15 is 0 Å². The molecule has 3 nitrogen and oxygen atoms in total. The standard InChI is InChI=1S/C14H11ClN2O/c1-9-2-7-12-16-13(14(18)17(12)8-9)10-3-5-11(15)6-4-10/h2-8,18H,1H3. The van der Waals surface area contributed by atoms with E-state index in [2.05, 4.69) is 4.98 Å². The number of aromatic hydroxyl groups is 1. The summed E-state index contributed by atoms with van der Waals surface area (Å²) in [6, 6.07) is 11.1. The number of aryl methyl sites for hydroxylation is 1. The molecule has 18 heavy (non-hydrogen) atoms. The van der Waals surface area contributed by atoms with Crippen molar-refractivity contribution in [1.82, 2.24) is 9.38 Å². The zero-order valence-corrected chi connectivity index (χ0v) is 10.5.